The first-order chi connectivity index (χ1) is 12.3. The van der Waals surface area contributed by atoms with Crippen LogP contribution in [0.25, 0.3) is 0 Å². The number of nitrogens with zero attached hydrogens (tertiary/aromatic N) is 1. The average molecular weight is 365 g/mol. The lowest BCUT2D eigenvalue weighted by Gasteiger charge is -2.28. The number of nitrogens with one attached hydrogen (secondary N) is 1. The van der Waals surface area contributed by atoms with Crippen LogP contribution in [0.2, 0.25) is 0 Å². The monoisotopic (exact) mass is 365 g/mol. The number of dihydropyridines is 1. The van der Waals surface area contributed by atoms with E-state index in [1.54, 1.807) is 27.7 Å². The Kier molecular flexibility index (Phi) is 6.19. The maximum atomic E-state index is 12.5. The summed E-state index contributed by atoms with van der Waals surface area (Å²) in [4.78, 5) is 25.0. The van der Waals surface area contributed by atoms with E-state index in [0.29, 0.717) is 11.4 Å². The van der Waals surface area contributed by atoms with Crippen molar-refractivity contribution in [3.8, 4) is 0 Å². The molecule has 0 spiro atoms. The number of rotatable bonds is 6. The van der Waals surface area contributed by atoms with Gasteiger partial charge in [-0.2, -0.15) is 5.21 Å². The quantitative estimate of drug-likeness (QED) is 0.581. The van der Waals surface area contributed by atoms with E-state index in [0.717, 1.165) is 0 Å². The first-order valence-corrected chi connectivity index (χ1v) is 8.10. The zero-order valence-corrected chi connectivity index (χ0v) is 15.0. The van der Waals surface area contributed by atoms with Crippen molar-refractivity contribution in [3.05, 3.63) is 45.6 Å². The van der Waals surface area contributed by atoms with Gasteiger partial charge in [-0.3, -0.25) is 0 Å². The summed E-state index contributed by atoms with van der Waals surface area (Å²) in [6.07, 6.45) is 0. The second-order valence-electron chi connectivity index (χ2n) is 5.53. The minimum absolute atomic E-state index is 0.126. The molecule has 0 fully saturated rings. The molecule has 1 radical (unpaired) electrons. The van der Waals surface area contributed by atoms with E-state index in [9.17, 15) is 14.8 Å². The molecule has 0 amide bonds. The van der Waals surface area contributed by atoms with Crippen molar-refractivity contribution in [3.63, 3.8) is 0 Å². The molecule has 1 aliphatic rings. The summed E-state index contributed by atoms with van der Waals surface area (Å²) in [6, 6.07) is 2.64. The van der Waals surface area contributed by atoms with Gasteiger partial charge in [0, 0.05) is 16.6 Å². The molecule has 0 aromatic carbocycles. The van der Waals surface area contributed by atoms with E-state index >= 15 is 0 Å². The predicted molar refractivity (Wildman–Crippen MR) is 90.2 cm³/mol. The van der Waals surface area contributed by atoms with Crippen LogP contribution in [0.5, 0.6) is 0 Å². The van der Waals surface area contributed by atoms with E-state index in [1.807, 2.05) is 0 Å². The molecule has 0 unspecified atom stereocenters. The minimum Gasteiger partial charge on any atom is -0.536 e. The predicted octanol–water partition coefficient (Wildman–Crippen LogP) is 2.30. The molecule has 2 N–H and O–H groups in total. The number of carbonyl (C=O) groups is 2. The molecule has 0 aliphatic carbocycles. The zero-order chi connectivity index (χ0) is 19.4. The lowest BCUT2D eigenvalue weighted by molar-refractivity contribution is -0.139. The number of ether oxygens (including phenoxy) is 2. The standard InChI is InChI=1S/C17H21N2O7/c1-5-24-16(20)13-9(3)18-10(4)14(17(21)25-6-2)15(13)11-7-8-12(26-11)19(22)23/h7-8,15,18,22H,5-6H2,1-4H3. The summed E-state index contributed by atoms with van der Waals surface area (Å²) in [7, 11) is 0. The number of furan rings is 1. The van der Waals surface area contributed by atoms with Crippen molar-refractivity contribution in [2.45, 2.75) is 33.6 Å². The molecule has 1 aromatic heterocycles. The third kappa shape index (κ3) is 3.79. The summed E-state index contributed by atoms with van der Waals surface area (Å²) in [6.45, 7) is 6.96. The van der Waals surface area contributed by atoms with E-state index in [1.165, 1.54) is 12.1 Å². The van der Waals surface area contributed by atoms with Crippen molar-refractivity contribution in [1.82, 2.24) is 10.5 Å². The van der Waals surface area contributed by atoms with Gasteiger partial charge in [0.2, 0.25) is 0 Å². The lowest BCUT2D eigenvalue weighted by atomic mass is 9.83. The van der Waals surface area contributed by atoms with Crippen LogP contribution in [0.4, 0.5) is 5.88 Å². The fourth-order valence-corrected chi connectivity index (χ4v) is 2.84. The number of anilines is 1. The van der Waals surface area contributed by atoms with Crippen molar-refractivity contribution in [1.29, 1.82) is 0 Å². The van der Waals surface area contributed by atoms with Crippen LogP contribution in [-0.4, -0.2) is 30.4 Å². The molecule has 2 heterocycles. The van der Waals surface area contributed by atoms with Gasteiger partial charge in [0.15, 0.2) is 0 Å². The lowest BCUT2D eigenvalue weighted by Crippen LogP contribution is -2.32. The Balaban J connectivity index is 2.60. The molecule has 9 nitrogen and oxygen atoms in total. The van der Waals surface area contributed by atoms with Crippen molar-refractivity contribution in [2.24, 2.45) is 0 Å². The maximum Gasteiger partial charge on any atom is 0.385 e. The van der Waals surface area contributed by atoms with Crippen LogP contribution in [0.1, 0.15) is 39.4 Å². The molecule has 141 valence electrons. The first-order valence-electron chi connectivity index (χ1n) is 8.10. The summed E-state index contributed by atoms with van der Waals surface area (Å²) >= 11 is 0. The van der Waals surface area contributed by atoms with Crippen molar-refractivity contribution in [2.75, 3.05) is 13.2 Å². The Morgan fingerprint density at radius 1 is 1.15 bits per heavy atom. The third-order valence-corrected chi connectivity index (χ3v) is 3.84. The second-order valence-corrected chi connectivity index (χ2v) is 5.53. The Morgan fingerprint density at radius 3 is 2.04 bits per heavy atom. The van der Waals surface area contributed by atoms with Gasteiger partial charge in [-0.25, -0.2) is 9.59 Å². The van der Waals surface area contributed by atoms with E-state index in [4.69, 9.17) is 19.1 Å². The van der Waals surface area contributed by atoms with Crippen LogP contribution in [-0.2, 0) is 19.1 Å². The molecule has 9 heteroatoms. The van der Waals surface area contributed by atoms with Gasteiger partial charge >= 0.3 is 17.8 Å². The number of allylic oxidation sites excluding steroid dienone is 2. The number of esters is 2. The summed E-state index contributed by atoms with van der Waals surface area (Å²) in [5.74, 6) is -2.44. The molecule has 2 rings (SSSR count). The van der Waals surface area contributed by atoms with Gasteiger partial charge in [-0.15, -0.1) is 0 Å². The highest BCUT2D eigenvalue weighted by molar-refractivity contribution is 5.99. The van der Waals surface area contributed by atoms with E-state index < -0.39 is 23.1 Å². The van der Waals surface area contributed by atoms with E-state index in [-0.39, 0.29) is 36.0 Å². The first kappa shape index (κ1) is 19.7. The molecule has 0 bridgehead atoms. The number of carbonyl (C=O) groups excluding carboxylic acids is 2. The smallest absolute Gasteiger partial charge is 0.385 e. The van der Waals surface area contributed by atoms with Gasteiger partial charge in [0.05, 0.1) is 36.3 Å². The van der Waals surface area contributed by atoms with Crippen molar-refractivity contribution < 1.29 is 28.7 Å². The summed E-state index contributed by atoms with van der Waals surface area (Å²) in [5.41, 5.74) is 1.30. The van der Waals surface area contributed by atoms with Crippen molar-refractivity contribution >= 4 is 17.8 Å². The fraction of sp³-hybridized carbons (Fsp3) is 0.412. The van der Waals surface area contributed by atoms with Crippen LogP contribution in [0.3, 0.4) is 0 Å². The Hall–Kier alpha value is -2.62. The van der Waals surface area contributed by atoms with Gasteiger partial charge in [0.1, 0.15) is 5.76 Å². The largest absolute Gasteiger partial charge is 0.536 e. The van der Waals surface area contributed by atoms with Crippen LogP contribution in [0, 0.1) is 5.21 Å². The Morgan fingerprint density at radius 2 is 1.65 bits per heavy atom. The number of hydrogen-bond acceptors (Lipinski definition) is 9. The highest BCUT2D eigenvalue weighted by atomic mass is 16.8. The molecule has 0 saturated carbocycles. The van der Waals surface area contributed by atoms with E-state index in [2.05, 4.69) is 5.32 Å². The van der Waals surface area contributed by atoms with Gasteiger partial charge < -0.3 is 24.4 Å². The highest BCUT2D eigenvalue weighted by Crippen LogP contribution is 2.40. The Labute approximate surface area is 150 Å². The zero-order valence-electron chi connectivity index (χ0n) is 15.0. The van der Waals surface area contributed by atoms with Crippen LogP contribution in [0.15, 0.2) is 39.1 Å². The molecule has 0 atom stereocenters. The van der Waals surface area contributed by atoms with Crippen LogP contribution >= 0.6 is 0 Å². The number of hydrogen-bond donors (Lipinski definition) is 2. The maximum absolute atomic E-state index is 12.5. The molecular formula is C17H21N2O7. The molecular weight excluding hydrogens is 344 g/mol. The van der Waals surface area contributed by atoms with Gasteiger partial charge in [-0.1, -0.05) is 0 Å². The highest BCUT2D eigenvalue weighted by Gasteiger charge is 2.40. The molecule has 1 aromatic rings. The SMILES string of the molecule is CCOC(=O)C1=C(C)NC(C)=C(C(=O)OCC)C1c1ccc([N+]([O-])O)o1. The molecule has 1 aliphatic heterocycles. The third-order valence-electron chi connectivity index (χ3n) is 3.84. The van der Waals surface area contributed by atoms with Gasteiger partial charge in [-0.05, 0) is 33.8 Å². The Bertz CT molecular complexity index is 721. The average Bonchev–Trinajstić information content (AvgIpc) is 3.04. The molecule has 0 saturated heterocycles. The second kappa shape index (κ2) is 8.17. The normalized spacial score (nSPS) is 15.3. The molecule has 26 heavy (non-hydrogen) atoms. The van der Waals surface area contributed by atoms with Crippen LogP contribution < -0.4 is 10.5 Å². The topological polar surface area (TPSA) is 127 Å². The van der Waals surface area contributed by atoms with Gasteiger partial charge in [0.25, 0.3) is 0 Å². The fourth-order valence-electron chi connectivity index (χ4n) is 2.84. The minimum atomic E-state index is -0.942. The summed E-state index contributed by atoms with van der Waals surface area (Å²) in [5, 5.41) is 22.6. The summed E-state index contributed by atoms with van der Waals surface area (Å²) < 4.78 is 15.6.